The highest BCUT2D eigenvalue weighted by Gasteiger charge is 2.29. The van der Waals surface area contributed by atoms with Crippen LogP contribution in [0.5, 0.6) is 11.5 Å². The number of carbonyl (C=O) groups is 2. The summed E-state index contributed by atoms with van der Waals surface area (Å²) in [5.41, 5.74) is 10.8. The van der Waals surface area contributed by atoms with Crippen LogP contribution in [0.15, 0.2) is 54.6 Å². The number of ether oxygens (including phenoxy) is 2. The Morgan fingerprint density at radius 3 is 2.64 bits per heavy atom. The summed E-state index contributed by atoms with van der Waals surface area (Å²) in [4.78, 5) is 25.2. The molecule has 10 heteroatoms. The second-order valence-corrected chi connectivity index (χ2v) is 9.28. The number of hydrogen-bond donors (Lipinski definition) is 2. The molecule has 3 N–H and O–H groups in total. The lowest BCUT2D eigenvalue weighted by Crippen LogP contribution is -2.15. The number of anilines is 1. The number of benzene rings is 3. The number of nitrogens with zero attached hydrogens (tertiary/aromatic N) is 2. The summed E-state index contributed by atoms with van der Waals surface area (Å²) in [6.45, 7) is 0.144. The molecule has 0 atom stereocenters. The number of rotatable bonds is 4. The van der Waals surface area contributed by atoms with Crippen LogP contribution in [0.25, 0.3) is 16.9 Å². The van der Waals surface area contributed by atoms with E-state index < -0.39 is 5.91 Å². The van der Waals surface area contributed by atoms with Crippen molar-refractivity contribution in [2.75, 3.05) is 12.1 Å². The van der Waals surface area contributed by atoms with Gasteiger partial charge in [-0.1, -0.05) is 29.3 Å². The van der Waals surface area contributed by atoms with Gasteiger partial charge in [0.25, 0.3) is 11.8 Å². The molecule has 2 aliphatic rings. The number of fused-ring (bicyclic) bond motifs is 4. The van der Waals surface area contributed by atoms with Crippen LogP contribution in [0, 0.1) is 0 Å². The third kappa shape index (κ3) is 3.75. The topological polar surface area (TPSA) is 108 Å². The van der Waals surface area contributed by atoms with Gasteiger partial charge in [-0.15, -0.1) is 0 Å². The van der Waals surface area contributed by atoms with E-state index in [1.54, 1.807) is 28.9 Å². The highest BCUT2D eigenvalue weighted by molar-refractivity contribution is 6.36. The SMILES string of the molecule is NC(=O)c1nn(-c2ccc3c(c2)OCO3)c2c1CCc1ccc(NC(=O)c3cc(Cl)ccc3Cl)cc1-2. The molecule has 4 aromatic rings. The van der Waals surface area contributed by atoms with E-state index in [9.17, 15) is 9.59 Å². The smallest absolute Gasteiger partial charge is 0.269 e. The summed E-state index contributed by atoms with van der Waals surface area (Å²) in [5, 5.41) is 8.17. The largest absolute Gasteiger partial charge is 0.454 e. The van der Waals surface area contributed by atoms with Gasteiger partial charge in [-0.3, -0.25) is 9.59 Å². The predicted octanol–water partition coefficient (Wildman–Crippen LogP) is 5.02. The number of carbonyl (C=O) groups excluding carboxylic acids is 2. The average molecular weight is 521 g/mol. The van der Waals surface area contributed by atoms with E-state index in [1.807, 2.05) is 24.3 Å². The molecule has 0 fully saturated rings. The molecule has 0 spiro atoms. The lowest BCUT2D eigenvalue weighted by atomic mass is 9.88. The molecule has 0 saturated heterocycles. The number of nitrogens with one attached hydrogen (secondary N) is 1. The maximum Gasteiger partial charge on any atom is 0.269 e. The van der Waals surface area contributed by atoms with E-state index in [-0.39, 0.29) is 24.0 Å². The molecule has 0 unspecified atom stereocenters. The van der Waals surface area contributed by atoms with Crippen LogP contribution < -0.4 is 20.5 Å². The van der Waals surface area contributed by atoms with Crippen LogP contribution in [0.4, 0.5) is 5.69 Å². The first-order chi connectivity index (χ1) is 17.4. The van der Waals surface area contributed by atoms with Gasteiger partial charge >= 0.3 is 0 Å². The molecule has 180 valence electrons. The number of hydrogen-bond acceptors (Lipinski definition) is 5. The molecule has 36 heavy (non-hydrogen) atoms. The van der Waals surface area contributed by atoms with Crippen molar-refractivity contribution >= 4 is 40.7 Å². The average Bonchev–Trinajstić information content (AvgIpc) is 3.50. The summed E-state index contributed by atoms with van der Waals surface area (Å²) >= 11 is 12.3. The number of primary amides is 1. The molecule has 1 aromatic heterocycles. The number of aromatic nitrogens is 2. The Morgan fingerprint density at radius 1 is 0.972 bits per heavy atom. The van der Waals surface area contributed by atoms with Crippen LogP contribution >= 0.6 is 23.2 Å². The first kappa shape index (κ1) is 22.5. The predicted molar refractivity (Wildman–Crippen MR) is 135 cm³/mol. The zero-order valence-corrected chi connectivity index (χ0v) is 20.2. The molecule has 2 heterocycles. The number of nitrogens with two attached hydrogens (primary N) is 1. The minimum absolute atomic E-state index is 0.144. The van der Waals surface area contributed by atoms with Crippen molar-refractivity contribution in [1.82, 2.24) is 9.78 Å². The van der Waals surface area contributed by atoms with E-state index >= 15 is 0 Å². The quantitative estimate of drug-likeness (QED) is 0.392. The Labute approximate surface area is 215 Å². The number of aryl methyl sites for hydroxylation is 1. The van der Waals surface area contributed by atoms with Crippen molar-refractivity contribution in [3.05, 3.63) is 87.0 Å². The Morgan fingerprint density at radius 2 is 1.81 bits per heavy atom. The molecule has 2 amide bonds. The first-order valence-corrected chi connectivity index (χ1v) is 11.9. The molecular weight excluding hydrogens is 503 g/mol. The van der Waals surface area contributed by atoms with Crippen LogP contribution in [0.1, 0.15) is 32.0 Å². The second kappa shape index (κ2) is 8.58. The maximum absolute atomic E-state index is 12.9. The summed E-state index contributed by atoms with van der Waals surface area (Å²) in [5.74, 6) is 0.239. The fourth-order valence-corrected chi connectivity index (χ4v) is 4.96. The normalized spacial score (nSPS) is 13.2. The van der Waals surface area contributed by atoms with Gasteiger partial charge in [-0.05, 0) is 60.9 Å². The van der Waals surface area contributed by atoms with Crippen molar-refractivity contribution in [3.63, 3.8) is 0 Å². The van der Waals surface area contributed by atoms with Crippen molar-refractivity contribution in [1.29, 1.82) is 0 Å². The Bertz CT molecular complexity index is 1580. The third-order valence-electron chi connectivity index (χ3n) is 6.26. The maximum atomic E-state index is 12.9. The molecule has 1 aliphatic heterocycles. The molecule has 0 radical (unpaired) electrons. The fourth-order valence-electron chi connectivity index (χ4n) is 4.59. The molecule has 0 bridgehead atoms. The fraction of sp³-hybridized carbons (Fsp3) is 0.115. The van der Waals surface area contributed by atoms with Crippen LogP contribution in [-0.2, 0) is 12.8 Å². The Hall–Kier alpha value is -4.01. The second-order valence-electron chi connectivity index (χ2n) is 8.44. The van der Waals surface area contributed by atoms with Crippen molar-refractivity contribution < 1.29 is 19.1 Å². The summed E-state index contributed by atoms with van der Waals surface area (Å²) in [7, 11) is 0. The standard InChI is InChI=1S/C26H18Cl2N4O4/c27-14-3-7-20(28)19(9-14)26(34)30-15-4-1-13-2-6-17-23(25(29)33)31-32(24(17)18(13)10-15)16-5-8-21-22(11-16)36-12-35-21/h1,3-5,7-11H,2,6,12H2,(H2,29,33)(H,30,34). The van der Waals surface area contributed by atoms with E-state index in [1.165, 1.54) is 6.07 Å². The molecule has 8 nitrogen and oxygen atoms in total. The van der Waals surface area contributed by atoms with Crippen LogP contribution in [-0.4, -0.2) is 28.4 Å². The van der Waals surface area contributed by atoms with Gasteiger partial charge in [0, 0.05) is 27.9 Å². The minimum Gasteiger partial charge on any atom is -0.454 e. The highest BCUT2D eigenvalue weighted by atomic mass is 35.5. The summed E-state index contributed by atoms with van der Waals surface area (Å²) in [6.07, 6.45) is 1.30. The van der Waals surface area contributed by atoms with Crippen molar-refractivity contribution in [2.45, 2.75) is 12.8 Å². The first-order valence-electron chi connectivity index (χ1n) is 11.1. The van der Waals surface area contributed by atoms with Gasteiger partial charge in [-0.2, -0.15) is 5.10 Å². The van der Waals surface area contributed by atoms with Gasteiger partial charge < -0.3 is 20.5 Å². The van der Waals surface area contributed by atoms with Crippen LogP contribution in [0.2, 0.25) is 10.0 Å². The van der Waals surface area contributed by atoms with Gasteiger partial charge in [0.1, 0.15) is 0 Å². The molecule has 6 rings (SSSR count). The van der Waals surface area contributed by atoms with E-state index in [0.29, 0.717) is 45.8 Å². The molecule has 3 aromatic carbocycles. The molecular formula is C26H18Cl2N4O4. The Kier molecular flexibility index (Phi) is 5.35. The zero-order chi connectivity index (χ0) is 25.0. The summed E-state index contributed by atoms with van der Waals surface area (Å²) < 4.78 is 12.6. The third-order valence-corrected chi connectivity index (χ3v) is 6.82. The van der Waals surface area contributed by atoms with Gasteiger partial charge in [-0.25, -0.2) is 4.68 Å². The number of amides is 2. The van der Waals surface area contributed by atoms with E-state index in [0.717, 1.165) is 22.4 Å². The van der Waals surface area contributed by atoms with Gasteiger partial charge in [0.15, 0.2) is 17.2 Å². The monoisotopic (exact) mass is 520 g/mol. The van der Waals surface area contributed by atoms with Crippen molar-refractivity contribution in [3.8, 4) is 28.4 Å². The lowest BCUT2D eigenvalue weighted by Gasteiger charge is -2.20. The zero-order valence-electron chi connectivity index (χ0n) is 18.7. The van der Waals surface area contributed by atoms with Crippen molar-refractivity contribution in [2.24, 2.45) is 5.73 Å². The van der Waals surface area contributed by atoms with Gasteiger partial charge in [0.05, 0.1) is 22.0 Å². The highest BCUT2D eigenvalue weighted by Crippen LogP contribution is 2.40. The minimum atomic E-state index is -0.603. The van der Waals surface area contributed by atoms with E-state index in [4.69, 9.17) is 38.4 Å². The molecule has 0 saturated carbocycles. The lowest BCUT2D eigenvalue weighted by molar-refractivity contribution is 0.0992. The Balaban J connectivity index is 1.45. The summed E-state index contributed by atoms with van der Waals surface area (Å²) in [6, 6.07) is 15.8. The van der Waals surface area contributed by atoms with E-state index in [2.05, 4.69) is 10.4 Å². The van der Waals surface area contributed by atoms with Crippen LogP contribution in [0.3, 0.4) is 0 Å². The van der Waals surface area contributed by atoms with Gasteiger partial charge in [0.2, 0.25) is 6.79 Å². The number of halogens is 2. The molecule has 1 aliphatic carbocycles.